The molecule has 0 amide bonds. The molecule has 1 aromatic heterocycles. The molecule has 0 N–H and O–H groups in total. The molecule has 0 saturated carbocycles. The van der Waals surface area contributed by atoms with Crippen molar-refractivity contribution in [2.24, 2.45) is 0 Å². The molecule has 1 aliphatic carbocycles. The molecule has 7 aromatic rings. The van der Waals surface area contributed by atoms with Crippen molar-refractivity contribution < 1.29 is 13.9 Å². The van der Waals surface area contributed by atoms with Crippen LogP contribution in [0.1, 0.15) is 78.0 Å². The Morgan fingerprint density at radius 3 is 2.08 bits per heavy atom. The SMILES string of the molecule is CC(C)(C)c1ccc2oc3c(c2c1)Oc1cc(N(c2ccc4c(c2)C(C)(C)CCC4(C)C)c2ccc4ccccc4c2)cc2c1B3c1ccccc1O2. The Bertz CT molecular complexity index is 2640. The first-order valence-corrected chi connectivity index (χ1v) is 19.0. The largest absolute Gasteiger partial charge is 0.466 e. The van der Waals surface area contributed by atoms with Gasteiger partial charge in [-0.05, 0) is 104 Å². The number of benzene rings is 6. The van der Waals surface area contributed by atoms with Gasteiger partial charge >= 0.3 is 6.71 Å². The second kappa shape index (κ2) is 11.1. The maximum Gasteiger partial charge on any atom is 0.305 e. The molecule has 262 valence electrons. The van der Waals surface area contributed by atoms with Crippen LogP contribution in [0, 0.1) is 0 Å². The molecule has 3 heterocycles. The number of nitrogens with zero attached hydrogens (tertiary/aromatic N) is 1. The second-order valence-electron chi connectivity index (χ2n) is 17.7. The van der Waals surface area contributed by atoms with Gasteiger partial charge in [-0.15, -0.1) is 0 Å². The first-order valence-electron chi connectivity index (χ1n) is 19.0. The van der Waals surface area contributed by atoms with Gasteiger partial charge in [0.2, 0.25) is 0 Å². The molecular weight excluding hydrogens is 649 g/mol. The number of para-hydroxylation sites is 1. The highest BCUT2D eigenvalue weighted by Crippen LogP contribution is 2.50. The maximum absolute atomic E-state index is 7.04. The lowest BCUT2D eigenvalue weighted by molar-refractivity contribution is 0.332. The summed E-state index contributed by atoms with van der Waals surface area (Å²) < 4.78 is 20.6. The predicted molar refractivity (Wildman–Crippen MR) is 220 cm³/mol. The third-order valence-electron chi connectivity index (χ3n) is 12.2. The van der Waals surface area contributed by atoms with E-state index in [2.05, 4.69) is 163 Å². The fourth-order valence-corrected chi connectivity index (χ4v) is 8.97. The van der Waals surface area contributed by atoms with Crippen molar-refractivity contribution in [1.82, 2.24) is 0 Å². The van der Waals surface area contributed by atoms with Crippen molar-refractivity contribution in [3.8, 4) is 23.0 Å². The van der Waals surface area contributed by atoms with Crippen LogP contribution in [0.2, 0.25) is 0 Å². The smallest absolute Gasteiger partial charge is 0.305 e. The van der Waals surface area contributed by atoms with E-state index in [0.29, 0.717) is 0 Å². The Labute approximate surface area is 312 Å². The van der Waals surface area contributed by atoms with Crippen LogP contribution < -0.4 is 31.0 Å². The van der Waals surface area contributed by atoms with Gasteiger partial charge in [-0.25, -0.2) is 0 Å². The van der Waals surface area contributed by atoms with Gasteiger partial charge in [0.15, 0.2) is 5.75 Å². The number of ether oxygens (including phenoxy) is 2. The molecule has 5 heteroatoms. The summed E-state index contributed by atoms with van der Waals surface area (Å²) in [5.74, 6) is 3.21. The lowest BCUT2D eigenvalue weighted by Gasteiger charge is -2.42. The lowest BCUT2D eigenvalue weighted by Crippen LogP contribution is -2.56. The van der Waals surface area contributed by atoms with Crippen molar-refractivity contribution in [3.05, 3.63) is 132 Å². The molecule has 0 spiro atoms. The molecule has 0 bridgehead atoms. The van der Waals surface area contributed by atoms with E-state index in [1.54, 1.807) is 0 Å². The van der Waals surface area contributed by atoms with Gasteiger partial charge in [0.25, 0.3) is 0 Å². The highest BCUT2D eigenvalue weighted by atomic mass is 16.5. The number of hydrogen-bond donors (Lipinski definition) is 0. The van der Waals surface area contributed by atoms with E-state index in [4.69, 9.17) is 13.9 Å². The summed E-state index contributed by atoms with van der Waals surface area (Å²) in [4.78, 5) is 2.38. The Balaban J connectivity index is 1.21. The molecule has 0 saturated heterocycles. The van der Waals surface area contributed by atoms with Gasteiger partial charge < -0.3 is 18.8 Å². The summed E-state index contributed by atoms with van der Waals surface area (Å²) in [6.07, 6.45) is 2.32. The maximum atomic E-state index is 7.04. The molecule has 0 atom stereocenters. The molecule has 6 aromatic carbocycles. The van der Waals surface area contributed by atoms with Crippen molar-refractivity contribution in [3.63, 3.8) is 0 Å². The van der Waals surface area contributed by atoms with Gasteiger partial charge in [0.1, 0.15) is 28.5 Å². The highest BCUT2D eigenvalue weighted by Gasteiger charge is 2.45. The monoisotopic (exact) mass is 693 g/mol. The minimum absolute atomic E-state index is 0.0183. The predicted octanol–water partition coefficient (Wildman–Crippen LogP) is 11.4. The van der Waals surface area contributed by atoms with Crippen LogP contribution in [-0.4, -0.2) is 6.71 Å². The summed E-state index contributed by atoms with van der Waals surface area (Å²) in [6.45, 7) is 16.1. The Hall–Kier alpha value is -5.42. The number of furan rings is 1. The van der Waals surface area contributed by atoms with E-state index in [-0.39, 0.29) is 23.0 Å². The number of hydrogen-bond acceptors (Lipinski definition) is 4. The zero-order valence-corrected chi connectivity index (χ0v) is 31.6. The molecule has 3 aliphatic rings. The van der Waals surface area contributed by atoms with Gasteiger partial charge in [0.05, 0.1) is 11.1 Å². The van der Waals surface area contributed by atoms with Gasteiger partial charge in [-0.3, -0.25) is 0 Å². The second-order valence-corrected chi connectivity index (χ2v) is 17.7. The van der Waals surface area contributed by atoms with Gasteiger partial charge in [-0.2, -0.15) is 0 Å². The Morgan fingerprint density at radius 1 is 0.604 bits per heavy atom. The van der Waals surface area contributed by atoms with E-state index in [9.17, 15) is 0 Å². The normalized spacial score (nSPS) is 16.2. The first kappa shape index (κ1) is 32.3. The van der Waals surface area contributed by atoms with Crippen LogP contribution in [0.15, 0.2) is 120 Å². The third kappa shape index (κ3) is 4.96. The molecular formula is C48H44BNO3. The lowest BCUT2D eigenvalue weighted by atomic mass is 9.37. The van der Waals surface area contributed by atoms with Crippen LogP contribution >= 0.6 is 0 Å². The zero-order chi connectivity index (χ0) is 36.4. The molecule has 0 unspecified atom stereocenters. The van der Waals surface area contributed by atoms with E-state index < -0.39 is 0 Å². The van der Waals surface area contributed by atoms with Crippen molar-refractivity contribution in [2.75, 3.05) is 4.90 Å². The summed E-state index contributed by atoms with van der Waals surface area (Å²) in [6, 6.07) is 41.7. The molecule has 2 aliphatic heterocycles. The highest BCUT2D eigenvalue weighted by molar-refractivity contribution is 6.97. The summed E-state index contributed by atoms with van der Waals surface area (Å²) in [5, 5.41) is 3.41. The summed E-state index contributed by atoms with van der Waals surface area (Å²) >= 11 is 0. The summed E-state index contributed by atoms with van der Waals surface area (Å²) in [7, 11) is 0. The zero-order valence-electron chi connectivity index (χ0n) is 31.6. The van der Waals surface area contributed by atoms with Crippen molar-refractivity contribution in [1.29, 1.82) is 0 Å². The van der Waals surface area contributed by atoms with E-state index in [1.165, 1.54) is 33.9 Å². The van der Waals surface area contributed by atoms with Gasteiger partial charge in [-0.1, -0.05) is 109 Å². The van der Waals surface area contributed by atoms with Crippen molar-refractivity contribution >= 4 is 62.1 Å². The fraction of sp³-hybridized carbons (Fsp3) is 0.250. The standard InChI is InChI=1S/C48H44BNO3/c1-46(2,3)31-17-21-39-35(25-31)44-45(53-39)49-38-14-10-11-15-40(38)51-41-27-34(28-42(52-44)43(41)49)50(32-18-16-29-12-8-9-13-30(29)24-32)33-19-20-36-37(26-33)48(6,7)23-22-47(36,4)5/h8-21,24-28H,22-23H2,1-7H3. The average molecular weight is 694 g/mol. The fourth-order valence-electron chi connectivity index (χ4n) is 8.97. The van der Waals surface area contributed by atoms with E-state index in [1.807, 2.05) is 6.07 Å². The Morgan fingerprint density at radius 2 is 1.28 bits per heavy atom. The number of rotatable bonds is 3. The molecule has 53 heavy (non-hydrogen) atoms. The molecule has 10 rings (SSSR count). The average Bonchev–Trinajstić information content (AvgIpc) is 3.51. The Kier molecular flexibility index (Phi) is 6.73. The molecule has 0 fully saturated rings. The van der Waals surface area contributed by atoms with Gasteiger partial charge in [0, 0.05) is 29.0 Å². The quantitative estimate of drug-likeness (QED) is 0.173. The minimum Gasteiger partial charge on any atom is -0.466 e. The first-order chi connectivity index (χ1) is 25.4. The van der Waals surface area contributed by atoms with E-state index in [0.717, 1.165) is 74.0 Å². The number of fused-ring (bicyclic) bond motifs is 8. The van der Waals surface area contributed by atoms with Crippen LogP contribution in [0.4, 0.5) is 17.1 Å². The third-order valence-corrected chi connectivity index (χ3v) is 12.2. The summed E-state index contributed by atoms with van der Waals surface area (Å²) in [5.41, 5.74) is 11.2. The van der Waals surface area contributed by atoms with Crippen molar-refractivity contribution in [2.45, 2.75) is 77.6 Å². The topological polar surface area (TPSA) is 34.8 Å². The van der Waals surface area contributed by atoms with Crippen LogP contribution in [0.3, 0.4) is 0 Å². The minimum atomic E-state index is -0.158. The van der Waals surface area contributed by atoms with Crippen LogP contribution in [0.5, 0.6) is 23.0 Å². The molecule has 4 nitrogen and oxygen atoms in total. The van der Waals surface area contributed by atoms with E-state index >= 15 is 0 Å². The number of anilines is 3. The molecule has 0 radical (unpaired) electrons. The van der Waals surface area contributed by atoms with Crippen LogP contribution in [-0.2, 0) is 16.2 Å². The van der Waals surface area contributed by atoms with Crippen LogP contribution in [0.25, 0.3) is 21.7 Å².